The predicted octanol–water partition coefficient (Wildman–Crippen LogP) is -1.51. The first kappa shape index (κ1) is 18.2. The van der Waals surface area contributed by atoms with E-state index in [1.807, 2.05) is 0 Å². The van der Waals surface area contributed by atoms with Gasteiger partial charge in [-0.3, -0.25) is 0 Å². The quantitative estimate of drug-likeness (QED) is 0.237. The van der Waals surface area contributed by atoms with Crippen LogP contribution in [0.4, 0.5) is 0 Å². The topological polar surface area (TPSA) is 61.8 Å². The van der Waals surface area contributed by atoms with Crippen molar-refractivity contribution in [1.29, 1.82) is 0 Å². The van der Waals surface area contributed by atoms with Crippen LogP contribution in [0.2, 0.25) is 0 Å². The molecule has 3 rings (SSSR count). The first-order valence-corrected chi connectivity index (χ1v) is 16.0. The van der Waals surface area contributed by atoms with Crippen molar-refractivity contribution in [3.63, 3.8) is 0 Å². The Morgan fingerprint density at radius 3 is 2.57 bits per heavy atom. The number of hydrogen-bond donors (Lipinski definition) is 0. The monoisotopic (exact) mass is 551 g/mol. The number of rotatable bonds is 5. The number of esters is 2. The summed E-state index contributed by atoms with van der Waals surface area (Å²) in [5.41, 5.74) is 0. The van der Waals surface area contributed by atoms with Crippen molar-refractivity contribution >= 4 is 31.8 Å². The van der Waals surface area contributed by atoms with E-state index in [2.05, 4.69) is 16.8 Å². The van der Waals surface area contributed by atoms with Gasteiger partial charge in [-0.25, -0.2) is 0 Å². The third-order valence-electron chi connectivity index (χ3n) is 5.37. The molecule has 5 nitrogen and oxygen atoms in total. The number of carbonyl (C=O) groups is 2. The summed E-state index contributed by atoms with van der Waals surface area (Å²) in [5, 5.41) is 0. The molecule has 134 valence electrons. The zero-order valence-electron chi connectivity index (χ0n) is 14.0. The third kappa shape index (κ3) is 3.38. The second-order valence-corrected chi connectivity index (χ2v) is 16.6. The van der Waals surface area contributed by atoms with Crippen LogP contribution in [0.3, 0.4) is 0 Å². The molecule has 1 aliphatic carbocycles. The van der Waals surface area contributed by atoms with Crippen molar-refractivity contribution in [3.8, 4) is 0 Å². The molecule has 0 aromatic carbocycles. The van der Waals surface area contributed by atoms with Crippen LogP contribution in [0.25, 0.3) is 0 Å². The molecule has 3 fully saturated rings. The van der Waals surface area contributed by atoms with E-state index in [1.54, 1.807) is 0 Å². The summed E-state index contributed by atoms with van der Waals surface area (Å²) in [6, 6.07) is 0. The average molecular weight is 551 g/mol. The van der Waals surface area contributed by atoms with E-state index in [-0.39, 0.29) is 60.6 Å². The Kier molecular flexibility index (Phi) is 5.47. The Hall–Kier alpha value is 0.360. The van der Waals surface area contributed by atoms with Gasteiger partial charge in [0, 0.05) is 0 Å². The molecule has 2 saturated heterocycles. The van der Waals surface area contributed by atoms with Crippen LogP contribution in [-0.2, 0) is 23.8 Å². The van der Waals surface area contributed by atoms with Crippen molar-refractivity contribution in [1.82, 2.24) is 0 Å². The molecular weight excluding hydrogens is 526 g/mol. The minimum atomic E-state index is -1.35. The van der Waals surface area contributed by atoms with Gasteiger partial charge in [-0.1, -0.05) is 0 Å². The van der Waals surface area contributed by atoms with Gasteiger partial charge in [-0.2, -0.15) is 0 Å². The molecular formula is C16H25I2O5-. The second kappa shape index (κ2) is 6.93. The molecule has 0 radical (unpaired) electrons. The zero-order valence-corrected chi connectivity index (χ0v) is 18.3. The van der Waals surface area contributed by atoms with Gasteiger partial charge in [0.05, 0.1) is 0 Å². The Morgan fingerprint density at radius 1 is 1.30 bits per heavy atom. The SMILES string of the molecule is COC(=O)C1CC(OC(=O)C(C)(C2C[I-]2)I(C)C)C2CC1CO2. The zero-order chi connectivity index (χ0) is 16.8. The molecule has 0 aromatic heterocycles. The summed E-state index contributed by atoms with van der Waals surface area (Å²) in [5.74, 6) is -0.217. The number of carbonyl (C=O) groups excluding carboxylic acids is 2. The van der Waals surface area contributed by atoms with Crippen LogP contribution in [-0.4, -0.2) is 59.5 Å². The molecule has 7 heteroatoms. The Labute approximate surface area is 155 Å². The number of ether oxygens (including phenoxy) is 3. The van der Waals surface area contributed by atoms with Gasteiger partial charge in [-0.05, 0) is 0 Å². The van der Waals surface area contributed by atoms with Gasteiger partial charge in [0.15, 0.2) is 0 Å². The number of alkyl halides is 5. The second-order valence-electron chi connectivity index (χ2n) is 6.78. The maximum absolute atomic E-state index is 12.9. The molecule has 1 saturated carbocycles. The molecule has 0 spiro atoms. The molecule has 2 heterocycles. The normalized spacial score (nSPS) is 38.8. The van der Waals surface area contributed by atoms with Crippen LogP contribution < -0.4 is 21.2 Å². The van der Waals surface area contributed by atoms with Crippen LogP contribution in [0.5, 0.6) is 0 Å². The molecule has 0 N–H and O–H groups in total. The molecule has 3 aliphatic rings. The van der Waals surface area contributed by atoms with Gasteiger partial charge in [0.25, 0.3) is 0 Å². The van der Waals surface area contributed by atoms with Crippen molar-refractivity contribution in [2.24, 2.45) is 11.8 Å². The van der Waals surface area contributed by atoms with E-state index < -0.39 is 19.8 Å². The summed E-state index contributed by atoms with van der Waals surface area (Å²) < 4.78 is 18.3. The number of halogens is 2. The van der Waals surface area contributed by atoms with E-state index in [1.165, 1.54) is 11.5 Å². The molecule has 2 bridgehead atoms. The van der Waals surface area contributed by atoms with Gasteiger partial charge in [-0.15, -0.1) is 0 Å². The van der Waals surface area contributed by atoms with Crippen LogP contribution >= 0.6 is 19.8 Å². The van der Waals surface area contributed by atoms with Crippen molar-refractivity contribution < 1.29 is 45.0 Å². The summed E-state index contributed by atoms with van der Waals surface area (Å²) in [4.78, 5) is 29.5. The first-order valence-electron chi connectivity index (χ1n) is 7.86. The fourth-order valence-corrected chi connectivity index (χ4v) is 13.4. The Balaban J connectivity index is 1.71. The Morgan fingerprint density at radius 2 is 2.00 bits per heavy atom. The van der Waals surface area contributed by atoms with E-state index in [9.17, 15) is 9.59 Å². The molecule has 6 atom stereocenters. The summed E-state index contributed by atoms with van der Waals surface area (Å²) in [6.07, 6.45) is 1.01. The van der Waals surface area contributed by atoms with E-state index >= 15 is 0 Å². The average Bonchev–Trinajstić information content (AvgIpc) is 3.30. The maximum atomic E-state index is 12.9. The minimum absolute atomic E-state index is 0.0301. The summed E-state index contributed by atoms with van der Waals surface area (Å²) in [7, 11) is 1.42. The fraction of sp³-hybridized carbons (Fsp3) is 0.875. The van der Waals surface area contributed by atoms with E-state index in [0.717, 1.165) is 6.42 Å². The van der Waals surface area contributed by atoms with Gasteiger partial charge in [0.1, 0.15) is 0 Å². The molecule has 6 unspecified atom stereocenters. The Bertz CT molecular complexity index is 489. The van der Waals surface area contributed by atoms with Crippen molar-refractivity contribution in [2.75, 3.05) is 28.0 Å². The van der Waals surface area contributed by atoms with Crippen molar-refractivity contribution in [2.45, 2.75) is 39.3 Å². The number of hydrogen-bond acceptors (Lipinski definition) is 5. The number of fused-ring (bicyclic) bond motifs is 2. The van der Waals surface area contributed by atoms with Gasteiger partial charge >= 0.3 is 156 Å². The molecule has 0 amide bonds. The molecule has 2 aliphatic heterocycles. The first-order chi connectivity index (χ1) is 10.9. The summed E-state index contributed by atoms with van der Waals surface area (Å²) in [6.45, 7) is 2.69. The standard InChI is InChI=1S/C16H25I2O5/c1-16(18(2)3,13-7-17-13)15(20)23-12-6-10(14(19)21-4)9-5-11(12)22-8-9/h9-13H,5-8H2,1-4H3/q-1. The number of methoxy groups -OCH3 is 1. The van der Waals surface area contributed by atoms with Crippen LogP contribution in [0.1, 0.15) is 19.8 Å². The van der Waals surface area contributed by atoms with Crippen LogP contribution in [0.15, 0.2) is 0 Å². The fourth-order valence-electron chi connectivity index (χ4n) is 3.49. The summed E-state index contributed by atoms with van der Waals surface area (Å²) >= 11 is -1.15. The van der Waals surface area contributed by atoms with Gasteiger partial charge < -0.3 is 0 Å². The third-order valence-corrected chi connectivity index (χ3v) is 15.2. The van der Waals surface area contributed by atoms with Crippen molar-refractivity contribution in [3.05, 3.63) is 0 Å². The predicted molar refractivity (Wildman–Crippen MR) is 90.8 cm³/mol. The molecule has 0 aromatic rings. The van der Waals surface area contributed by atoms with E-state index in [4.69, 9.17) is 14.2 Å². The van der Waals surface area contributed by atoms with E-state index in [0.29, 0.717) is 17.0 Å². The van der Waals surface area contributed by atoms with Crippen LogP contribution in [0, 0.1) is 11.8 Å². The molecule has 23 heavy (non-hydrogen) atoms. The van der Waals surface area contributed by atoms with Gasteiger partial charge in [0.2, 0.25) is 0 Å².